The lowest BCUT2D eigenvalue weighted by atomic mass is 10.1. The number of nitrogen functional groups attached to an aromatic ring is 1. The minimum atomic E-state index is -0.127. The molecule has 7 nitrogen and oxygen atoms in total. The van der Waals surface area contributed by atoms with Crippen molar-refractivity contribution in [1.29, 1.82) is 0 Å². The first-order valence-electron chi connectivity index (χ1n) is 8.85. The smallest absolute Gasteiger partial charge is 0.186 e. The van der Waals surface area contributed by atoms with Crippen molar-refractivity contribution < 1.29 is 0 Å². The van der Waals surface area contributed by atoms with Gasteiger partial charge < -0.3 is 10.1 Å². The Labute approximate surface area is 164 Å². The summed E-state index contributed by atoms with van der Waals surface area (Å²) in [5.74, 6) is 7.05. The first-order valence-corrected chi connectivity index (χ1v) is 11.1. The van der Waals surface area contributed by atoms with E-state index in [9.17, 15) is 0 Å². The molecule has 0 fully saturated rings. The lowest BCUT2D eigenvalue weighted by molar-refractivity contribution is 0.825. The SMILES string of the molecule is CP(C)c1ccc(-c2cnc(N)c(N(N)Cc3ccc4nccn4c3)n2)cc1. The Morgan fingerprint density at radius 3 is 2.61 bits per heavy atom. The summed E-state index contributed by atoms with van der Waals surface area (Å²) in [6.45, 7) is 4.92. The predicted molar refractivity (Wildman–Crippen MR) is 116 cm³/mol. The van der Waals surface area contributed by atoms with Gasteiger partial charge in [-0.25, -0.2) is 20.8 Å². The maximum absolute atomic E-state index is 6.29. The maximum atomic E-state index is 6.29. The van der Waals surface area contributed by atoms with Gasteiger partial charge in [0.25, 0.3) is 0 Å². The quantitative estimate of drug-likeness (QED) is 0.308. The largest absolute Gasteiger partial charge is 0.381 e. The highest BCUT2D eigenvalue weighted by atomic mass is 31.1. The molecule has 0 amide bonds. The van der Waals surface area contributed by atoms with E-state index in [1.807, 2.05) is 28.9 Å². The van der Waals surface area contributed by atoms with Crippen LogP contribution in [0.3, 0.4) is 0 Å². The fourth-order valence-corrected chi connectivity index (χ4v) is 3.75. The Hall–Kier alpha value is -3.02. The van der Waals surface area contributed by atoms with Crippen LogP contribution >= 0.6 is 7.92 Å². The summed E-state index contributed by atoms with van der Waals surface area (Å²) in [7, 11) is -0.127. The van der Waals surface area contributed by atoms with Gasteiger partial charge in [0.15, 0.2) is 11.6 Å². The van der Waals surface area contributed by atoms with E-state index in [2.05, 4.69) is 52.5 Å². The van der Waals surface area contributed by atoms with Gasteiger partial charge in [-0.05, 0) is 30.3 Å². The van der Waals surface area contributed by atoms with Crippen molar-refractivity contribution in [3.63, 3.8) is 0 Å². The van der Waals surface area contributed by atoms with E-state index < -0.39 is 0 Å². The van der Waals surface area contributed by atoms with Crippen LogP contribution in [0.4, 0.5) is 11.6 Å². The summed E-state index contributed by atoms with van der Waals surface area (Å²) < 4.78 is 1.95. The molecule has 3 aromatic heterocycles. The summed E-state index contributed by atoms with van der Waals surface area (Å²) in [5.41, 5.74) is 9.69. The number of hydrogen-bond acceptors (Lipinski definition) is 6. The second-order valence-electron chi connectivity index (χ2n) is 6.76. The van der Waals surface area contributed by atoms with Crippen molar-refractivity contribution in [3.8, 4) is 11.3 Å². The standard InChI is InChI=1S/C20H22N7P/c1-28(2)16-6-4-15(5-7-16)17-11-24-19(21)20(25-17)27(22)13-14-3-8-18-23-9-10-26(18)12-14/h3-12H,13,22H2,1-2H3,(H2,21,24). The minimum Gasteiger partial charge on any atom is -0.381 e. The molecule has 0 aliphatic rings. The zero-order valence-electron chi connectivity index (χ0n) is 15.8. The highest BCUT2D eigenvalue weighted by molar-refractivity contribution is 7.64. The van der Waals surface area contributed by atoms with Gasteiger partial charge in [-0.2, -0.15) is 0 Å². The van der Waals surface area contributed by atoms with Crippen LogP contribution in [0, 0.1) is 0 Å². The molecule has 4 N–H and O–H groups in total. The van der Waals surface area contributed by atoms with Gasteiger partial charge in [0.05, 0.1) is 18.4 Å². The summed E-state index contributed by atoms with van der Waals surface area (Å²) >= 11 is 0. The van der Waals surface area contributed by atoms with Gasteiger partial charge in [-0.3, -0.25) is 5.01 Å². The van der Waals surface area contributed by atoms with Crippen LogP contribution in [0.1, 0.15) is 5.56 Å². The molecule has 0 saturated heterocycles. The molecule has 142 valence electrons. The van der Waals surface area contributed by atoms with Crippen LogP contribution in [-0.2, 0) is 6.54 Å². The Balaban J connectivity index is 1.60. The van der Waals surface area contributed by atoms with Crippen LogP contribution in [0.2, 0.25) is 0 Å². The number of hydrazine groups is 1. The first kappa shape index (κ1) is 18.3. The summed E-state index contributed by atoms with van der Waals surface area (Å²) in [6, 6.07) is 12.3. The molecule has 4 aromatic rings. The third kappa shape index (κ3) is 3.67. The van der Waals surface area contributed by atoms with Crippen molar-refractivity contribution in [2.24, 2.45) is 5.84 Å². The molecule has 0 saturated carbocycles. The van der Waals surface area contributed by atoms with Gasteiger partial charge in [-0.1, -0.05) is 38.3 Å². The zero-order valence-corrected chi connectivity index (χ0v) is 16.7. The van der Waals surface area contributed by atoms with Crippen LogP contribution in [0.15, 0.2) is 61.2 Å². The number of nitrogens with two attached hydrogens (primary N) is 2. The molecule has 0 radical (unpaired) electrons. The van der Waals surface area contributed by atoms with Crippen molar-refractivity contribution in [2.45, 2.75) is 6.54 Å². The van der Waals surface area contributed by atoms with Crippen LogP contribution in [0.25, 0.3) is 16.9 Å². The Morgan fingerprint density at radius 1 is 1.07 bits per heavy atom. The average molecular weight is 391 g/mol. The molecular formula is C20H22N7P. The molecule has 0 unspecified atom stereocenters. The number of benzene rings is 1. The topological polar surface area (TPSA) is 98.4 Å². The third-order valence-electron chi connectivity index (χ3n) is 4.54. The van der Waals surface area contributed by atoms with E-state index in [4.69, 9.17) is 11.6 Å². The molecule has 3 heterocycles. The molecule has 8 heteroatoms. The molecule has 1 aromatic carbocycles. The van der Waals surface area contributed by atoms with Gasteiger partial charge in [0.1, 0.15) is 5.65 Å². The zero-order chi connectivity index (χ0) is 19.7. The van der Waals surface area contributed by atoms with Crippen LogP contribution in [0.5, 0.6) is 0 Å². The Kier molecular flexibility index (Phi) is 4.94. The predicted octanol–water partition coefficient (Wildman–Crippen LogP) is 2.62. The van der Waals surface area contributed by atoms with Gasteiger partial charge in [0, 0.05) is 24.2 Å². The molecule has 0 aliphatic heterocycles. The molecule has 0 spiro atoms. The van der Waals surface area contributed by atoms with Gasteiger partial charge in [-0.15, -0.1) is 0 Å². The highest BCUT2D eigenvalue weighted by Gasteiger charge is 2.13. The normalized spacial score (nSPS) is 11.3. The number of hydrogen-bond donors (Lipinski definition) is 2. The first-order chi connectivity index (χ1) is 13.5. The van der Waals surface area contributed by atoms with E-state index in [-0.39, 0.29) is 7.92 Å². The molecule has 0 atom stereocenters. The number of pyridine rings is 1. The van der Waals surface area contributed by atoms with Gasteiger partial charge >= 0.3 is 0 Å². The number of nitrogens with zero attached hydrogens (tertiary/aromatic N) is 5. The summed E-state index contributed by atoms with van der Waals surface area (Å²) in [6.07, 6.45) is 7.33. The van der Waals surface area contributed by atoms with E-state index in [0.29, 0.717) is 18.2 Å². The van der Waals surface area contributed by atoms with Crippen LogP contribution < -0.4 is 21.9 Å². The molecule has 28 heavy (non-hydrogen) atoms. The molecule has 0 aliphatic carbocycles. The molecular weight excluding hydrogens is 369 g/mol. The van der Waals surface area contributed by atoms with Gasteiger partial charge in [0.2, 0.25) is 0 Å². The highest BCUT2D eigenvalue weighted by Crippen LogP contribution is 2.27. The Bertz CT molecular complexity index is 1110. The van der Waals surface area contributed by atoms with Crippen molar-refractivity contribution in [1.82, 2.24) is 19.4 Å². The number of imidazole rings is 1. The van der Waals surface area contributed by atoms with Crippen molar-refractivity contribution in [3.05, 3.63) is 66.7 Å². The van der Waals surface area contributed by atoms with E-state index in [1.165, 1.54) is 10.3 Å². The van der Waals surface area contributed by atoms with E-state index in [0.717, 1.165) is 22.5 Å². The Morgan fingerprint density at radius 2 is 1.86 bits per heavy atom. The number of fused-ring (bicyclic) bond motifs is 1. The van der Waals surface area contributed by atoms with Crippen molar-refractivity contribution in [2.75, 3.05) is 24.1 Å². The van der Waals surface area contributed by atoms with Crippen LogP contribution in [-0.4, -0.2) is 32.7 Å². The monoisotopic (exact) mass is 391 g/mol. The van der Waals surface area contributed by atoms with E-state index in [1.54, 1.807) is 12.4 Å². The fraction of sp³-hybridized carbons (Fsp3) is 0.150. The minimum absolute atomic E-state index is 0.127. The third-order valence-corrected chi connectivity index (χ3v) is 5.87. The van der Waals surface area contributed by atoms with E-state index >= 15 is 0 Å². The van der Waals surface area contributed by atoms with Crippen molar-refractivity contribution >= 4 is 30.5 Å². The molecule has 4 rings (SSSR count). The lowest BCUT2D eigenvalue weighted by Gasteiger charge is -2.19. The number of aromatic nitrogens is 4. The average Bonchev–Trinajstić information content (AvgIpc) is 3.16. The second kappa shape index (κ2) is 7.54. The summed E-state index contributed by atoms with van der Waals surface area (Å²) in [4.78, 5) is 13.2. The molecule has 0 bridgehead atoms. The maximum Gasteiger partial charge on any atom is 0.186 e. The number of anilines is 2. The lowest BCUT2D eigenvalue weighted by Crippen LogP contribution is -2.32. The summed E-state index contributed by atoms with van der Waals surface area (Å²) in [5, 5.41) is 2.87. The second-order valence-corrected chi connectivity index (χ2v) is 9.07. The number of rotatable bonds is 5. The fourth-order valence-electron chi connectivity index (χ4n) is 3.00.